The van der Waals surface area contributed by atoms with E-state index < -0.39 is 11.8 Å². The second kappa shape index (κ2) is 7.23. The first-order valence-electron chi connectivity index (χ1n) is 6.15. The van der Waals surface area contributed by atoms with E-state index in [2.05, 4.69) is 0 Å². The lowest BCUT2D eigenvalue weighted by Crippen LogP contribution is -2.21. The standard InChI is InChI=1S/C7H14O3.C7H6O2/c1-7(2)9-5-6(10-7)3-4-8;8-7(9)6-4-2-1-3-5-6/h6,8H,3-5H2,1-2H3;1-5H,(H,8,9)/t6-;/m1./s1. The molecule has 1 heterocycles. The van der Waals surface area contributed by atoms with E-state index in [-0.39, 0.29) is 12.7 Å². The normalized spacial score (nSPS) is 20.5. The van der Waals surface area contributed by atoms with Gasteiger partial charge in [-0.15, -0.1) is 0 Å². The lowest BCUT2D eigenvalue weighted by molar-refractivity contribution is -0.139. The maximum Gasteiger partial charge on any atom is 0.335 e. The van der Waals surface area contributed by atoms with Crippen molar-refractivity contribution in [3.05, 3.63) is 35.9 Å². The third kappa shape index (κ3) is 5.83. The molecule has 0 aromatic heterocycles. The molecule has 1 aromatic carbocycles. The van der Waals surface area contributed by atoms with E-state index >= 15 is 0 Å². The SMILES string of the molecule is CC1(C)OC[C@@H](CCO)O1.O=C(O)c1ccccc1. The first-order valence-corrected chi connectivity index (χ1v) is 6.15. The Balaban J connectivity index is 0.000000191. The lowest BCUT2D eigenvalue weighted by atomic mass is 10.2. The molecule has 1 atom stereocenters. The minimum Gasteiger partial charge on any atom is -0.478 e. The third-order valence-electron chi connectivity index (χ3n) is 2.54. The van der Waals surface area contributed by atoms with Gasteiger partial charge in [-0.3, -0.25) is 0 Å². The summed E-state index contributed by atoms with van der Waals surface area (Å²) in [5.41, 5.74) is 0.331. The van der Waals surface area contributed by atoms with Crippen LogP contribution in [0.3, 0.4) is 0 Å². The summed E-state index contributed by atoms with van der Waals surface area (Å²) < 4.78 is 10.7. The predicted molar refractivity (Wildman–Crippen MR) is 70.0 cm³/mol. The summed E-state index contributed by atoms with van der Waals surface area (Å²) in [6.07, 6.45) is 0.753. The molecule has 1 aliphatic heterocycles. The first kappa shape index (κ1) is 15.6. The molecule has 0 unspecified atom stereocenters. The molecule has 5 nitrogen and oxygen atoms in total. The number of aromatic carboxylic acids is 1. The van der Waals surface area contributed by atoms with Crippen molar-refractivity contribution in [2.24, 2.45) is 0 Å². The van der Waals surface area contributed by atoms with Gasteiger partial charge in [-0.1, -0.05) is 18.2 Å². The van der Waals surface area contributed by atoms with Crippen molar-refractivity contribution < 1.29 is 24.5 Å². The summed E-state index contributed by atoms with van der Waals surface area (Å²) in [5.74, 6) is -1.32. The largest absolute Gasteiger partial charge is 0.478 e. The minimum atomic E-state index is -0.879. The number of rotatable bonds is 3. The third-order valence-corrected chi connectivity index (χ3v) is 2.54. The van der Waals surface area contributed by atoms with Crippen molar-refractivity contribution >= 4 is 5.97 Å². The Hall–Kier alpha value is -1.43. The van der Waals surface area contributed by atoms with Gasteiger partial charge in [-0.25, -0.2) is 4.79 Å². The van der Waals surface area contributed by atoms with Crippen molar-refractivity contribution in [2.75, 3.05) is 13.2 Å². The molecule has 106 valence electrons. The average molecular weight is 268 g/mol. The summed E-state index contributed by atoms with van der Waals surface area (Å²) >= 11 is 0. The maximum absolute atomic E-state index is 10.2. The van der Waals surface area contributed by atoms with Gasteiger partial charge in [0.1, 0.15) is 0 Å². The van der Waals surface area contributed by atoms with Crippen molar-refractivity contribution in [3.8, 4) is 0 Å². The Morgan fingerprint density at radius 3 is 2.37 bits per heavy atom. The fourth-order valence-corrected chi connectivity index (χ4v) is 1.63. The summed E-state index contributed by atoms with van der Waals surface area (Å²) in [6.45, 7) is 4.53. The van der Waals surface area contributed by atoms with Crippen LogP contribution in [0.1, 0.15) is 30.6 Å². The van der Waals surface area contributed by atoms with Gasteiger partial charge in [0.15, 0.2) is 5.79 Å². The van der Waals surface area contributed by atoms with Crippen LogP contribution in [0.2, 0.25) is 0 Å². The number of aliphatic hydroxyl groups is 1. The molecule has 1 aromatic rings. The van der Waals surface area contributed by atoms with Crippen LogP contribution in [0.5, 0.6) is 0 Å². The average Bonchev–Trinajstić information content (AvgIpc) is 2.71. The highest BCUT2D eigenvalue weighted by atomic mass is 16.7. The lowest BCUT2D eigenvalue weighted by Gasteiger charge is -2.16. The molecule has 0 aliphatic carbocycles. The van der Waals surface area contributed by atoms with E-state index in [1.165, 1.54) is 0 Å². The predicted octanol–water partition coefficient (Wildman–Crippen LogP) is 1.91. The van der Waals surface area contributed by atoms with E-state index in [1.807, 2.05) is 13.8 Å². The number of carboxylic acid groups (broad SMARTS) is 1. The first-order chi connectivity index (χ1) is 8.94. The van der Waals surface area contributed by atoms with Gasteiger partial charge in [0, 0.05) is 6.61 Å². The highest BCUT2D eigenvalue weighted by Gasteiger charge is 2.31. The zero-order valence-electron chi connectivity index (χ0n) is 11.2. The summed E-state index contributed by atoms with van der Waals surface area (Å²) in [6, 6.07) is 8.30. The molecule has 0 bridgehead atoms. The zero-order chi connectivity index (χ0) is 14.3. The van der Waals surface area contributed by atoms with Gasteiger partial charge < -0.3 is 19.7 Å². The molecule has 0 saturated carbocycles. The van der Waals surface area contributed by atoms with Crippen LogP contribution in [0, 0.1) is 0 Å². The molecule has 2 N–H and O–H groups in total. The van der Waals surface area contributed by atoms with Crippen LogP contribution >= 0.6 is 0 Å². The van der Waals surface area contributed by atoms with E-state index in [0.29, 0.717) is 18.6 Å². The number of carboxylic acids is 1. The fraction of sp³-hybridized carbons (Fsp3) is 0.500. The Morgan fingerprint density at radius 2 is 2.00 bits per heavy atom. The van der Waals surface area contributed by atoms with Gasteiger partial charge in [0.05, 0.1) is 18.3 Å². The van der Waals surface area contributed by atoms with Crippen molar-refractivity contribution in [3.63, 3.8) is 0 Å². The van der Waals surface area contributed by atoms with E-state index in [0.717, 1.165) is 0 Å². The smallest absolute Gasteiger partial charge is 0.335 e. The molecular formula is C14H20O5. The van der Waals surface area contributed by atoms with E-state index in [9.17, 15) is 4.79 Å². The Morgan fingerprint density at radius 1 is 1.37 bits per heavy atom. The molecule has 1 saturated heterocycles. The summed E-state index contributed by atoms with van der Waals surface area (Å²) in [7, 11) is 0. The number of hydrogen-bond donors (Lipinski definition) is 2. The van der Waals surface area contributed by atoms with Crippen LogP contribution in [0.15, 0.2) is 30.3 Å². The van der Waals surface area contributed by atoms with Gasteiger partial charge in [-0.2, -0.15) is 0 Å². The molecule has 0 radical (unpaired) electrons. The van der Waals surface area contributed by atoms with Crippen LogP contribution in [0.25, 0.3) is 0 Å². The molecule has 0 spiro atoms. The van der Waals surface area contributed by atoms with Crippen molar-refractivity contribution in [2.45, 2.75) is 32.2 Å². The summed E-state index contributed by atoms with van der Waals surface area (Å²) in [5, 5.41) is 16.9. The molecule has 0 amide bonds. The van der Waals surface area contributed by atoms with Crippen LogP contribution in [-0.2, 0) is 9.47 Å². The highest BCUT2D eigenvalue weighted by molar-refractivity contribution is 5.87. The second-order valence-corrected chi connectivity index (χ2v) is 4.63. The van der Waals surface area contributed by atoms with Gasteiger partial charge in [0.2, 0.25) is 0 Å². The zero-order valence-corrected chi connectivity index (χ0v) is 11.2. The Bertz CT molecular complexity index is 388. The molecule has 1 fully saturated rings. The maximum atomic E-state index is 10.2. The Kier molecular flexibility index (Phi) is 5.95. The van der Waals surface area contributed by atoms with Gasteiger partial charge in [0.25, 0.3) is 0 Å². The number of ether oxygens (including phenoxy) is 2. The monoisotopic (exact) mass is 268 g/mol. The molecule has 5 heteroatoms. The minimum absolute atomic E-state index is 0.0833. The van der Waals surface area contributed by atoms with Crippen molar-refractivity contribution in [1.29, 1.82) is 0 Å². The van der Waals surface area contributed by atoms with Crippen LogP contribution in [0.4, 0.5) is 0 Å². The quantitative estimate of drug-likeness (QED) is 0.875. The summed E-state index contributed by atoms with van der Waals surface area (Å²) in [4.78, 5) is 10.2. The van der Waals surface area contributed by atoms with Crippen LogP contribution < -0.4 is 0 Å². The van der Waals surface area contributed by atoms with Gasteiger partial charge >= 0.3 is 5.97 Å². The molecule has 19 heavy (non-hydrogen) atoms. The Labute approximate surface area is 112 Å². The van der Waals surface area contributed by atoms with E-state index in [1.54, 1.807) is 30.3 Å². The number of aliphatic hydroxyl groups excluding tert-OH is 1. The fourth-order valence-electron chi connectivity index (χ4n) is 1.63. The molecule has 2 rings (SSSR count). The molecule has 1 aliphatic rings. The number of hydrogen-bond acceptors (Lipinski definition) is 4. The highest BCUT2D eigenvalue weighted by Crippen LogP contribution is 2.23. The van der Waals surface area contributed by atoms with Gasteiger partial charge in [-0.05, 0) is 32.4 Å². The van der Waals surface area contributed by atoms with Crippen LogP contribution in [-0.4, -0.2) is 41.3 Å². The van der Waals surface area contributed by atoms with E-state index in [4.69, 9.17) is 19.7 Å². The number of carbonyl (C=O) groups is 1. The topological polar surface area (TPSA) is 76.0 Å². The molecular weight excluding hydrogens is 248 g/mol. The number of benzene rings is 1. The van der Waals surface area contributed by atoms with Crippen molar-refractivity contribution in [1.82, 2.24) is 0 Å². The second-order valence-electron chi connectivity index (χ2n) is 4.63.